The zero-order valence-corrected chi connectivity index (χ0v) is 11.5. The van der Waals surface area contributed by atoms with Crippen molar-refractivity contribution in [3.63, 3.8) is 0 Å². The van der Waals surface area contributed by atoms with Crippen LogP contribution in [-0.2, 0) is 9.59 Å². The monoisotopic (exact) mass is 240 g/mol. The summed E-state index contributed by atoms with van der Waals surface area (Å²) in [7, 11) is 1.98. The minimum absolute atomic E-state index is 0.0429. The Hall–Kier alpha value is -0.900. The van der Waals surface area contributed by atoms with Crippen LogP contribution in [-0.4, -0.2) is 53.7 Å². The average molecular weight is 240 g/mol. The van der Waals surface area contributed by atoms with Crippen LogP contribution in [0.3, 0.4) is 0 Å². The number of rotatable bonds is 4. The highest BCUT2D eigenvalue weighted by Gasteiger charge is 2.26. The summed E-state index contributed by atoms with van der Waals surface area (Å²) in [5.74, 6) is 0.415. The zero-order valence-electron chi connectivity index (χ0n) is 11.5. The number of hydrogen-bond donors (Lipinski definition) is 0. The third kappa shape index (κ3) is 3.80. The van der Waals surface area contributed by atoms with Crippen molar-refractivity contribution in [2.24, 2.45) is 0 Å². The molecule has 4 nitrogen and oxygen atoms in total. The van der Waals surface area contributed by atoms with Gasteiger partial charge in [-0.2, -0.15) is 0 Å². The Morgan fingerprint density at radius 2 is 1.88 bits per heavy atom. The fraction of sp³-hybridized carbons (Fsp3) is 0.846. The van der Waals surface area contributed by atoms with Crippen LogP contribution in [0.4, 0.5) is 0 Å². The second kappa shape index (κ2) is 5.63. The quantitative estimate of drug-likeness (QED) is 0.743. The Kier molecular flexibility index (Phi) is 4.69. The summed E-state index contributed by atoms with van der Waals surface area (Å²) >= 11 is 0. The molecule has 0 bridgehead atoms. The summed E-state index contributed by atoms with van der Waals surface area (Å²) in [5.41, 5.74) is 0.0429. The first-order chi connectivity index (χ1) is 7.86. The maximum absolute atomic E-state index is 12.1. The lowest BCUT2D eigenvalue weighted by atomic mass is 10.00. The van der Waals surface area contributed by atoms with Crippen LogP contribution >= 0.6 is 0 Å². The Morgan fingerprint density at radius 1 is 1.35 bits per heavy atom. The molecule has 0 atom stereocenters. The SMILES string of the molecule is CCC(C)(C)N(C)CC(=O)N1CCC(=O)CC1. The smallest absolute Gasteiger partial charge is 0.236 e. The summed E-state index contributed by atoms with van der Waals surface area (Å²) < 4.78 is 0. The van der Waals surface area contributed by atoms with Gasteiger partial charge < -0.3 is 4.90 Å². The highest BCUT2D eigenvalue weighted by molar-refractivity contribution is 5.84. The number of nitrogens with zero attached hydrogens (tertiary/aromatic N) is 2. The number of piperidine rings is 1. The Bertz CT molecular complexity index is 290. The van der Waals surface area contributed by atoms with Gasteiger partial charge in [0.15, 0.2) is 0 Å². The topological polar surface area (TPSA) is 40.6 Å². The van der Waals surface area contributed by atoms with Crippen molar-refractivity contribution in [1.82, 2.24) is 9.80 Å². The van der Waals surface area contributed by atoms with Gasteiger partial charge in [0.25, 0.3) is 0 Å². The zero-order chi connectivity index (χ0) is 13.1. The first-order valence-corrected chi connectivity index (χ1v) is 6.37. The molecule has 98 valence electrons. The van der Waals surface area contributed by atoms with Crippen molar-refractivity contribution in [3.8, 4) is 0 Å². The van der Waals surface area contributed by atoms with Crippen LogP contribution in [0, 0.1) is 0 Å². The summed E-state index contributed by atoms with van der Waals surface area (Å²) in [5, 5.41) is 0. The van der Waals surface area contributed by atoms with Gasteiger partial charge in [0, 0.05) is 31.5 Å². The number of carbonyl (C=O) groups excluding carboxylic acids is 2. The van der Waals surface area contributed by atoms with E-state index in [2.05, 4.69) is 25.7 Å². The number of Topliss-reactive ketones (excluding diaryl/α,β-unsaturated/α-hetero) is 1. The maximum Gasteiger partial charge on any atom is 0.236 e. The Labute approximate surface area is 104 Å². The van der Waals surface area contributed by atoms with Crippen LogP contribution in [0.1, 0.15) is 40.0 Å². The van der Waals surface area contributed by atoms with E-state index in [-0.39, 0.29) is 17.2 Å². The third-order valence-electron chi connectivity index (χ3n) is 3.94. The number of carbonyl (C=O) groups is 2. The molecule has 17 heavy (non-hydrogen) atoms. The molecule has 0 aromatic heterocycles. The molecule has 0 aromatic carbocycles. The van der Waals surface area contributed by atoms with Crippen LogP contribution in [0.5, 0.6) is 0 Å². The van der Waals surface area contributed by atoms with Gasteiger partial charge in [0.2, 0.25) is 5.91 Å². The van der Waals surface area contributed by atoms with Crippen molar-refractivity contribution in [2.45, 2.75) is 45.6 Å². The lowest BCUT2D eigenvalue weighted by Gasteiger charge is -2.36. The first kappa shape index (κ1) is 14.2. The molecule has 0 unspecified atom stereocenters. The molecule has 0 spiro atoms. The van der Waals surface area contributed by atoms with E-state index < -0.39 is 0 Å². The number of ketones is 1. The van der Waals surface area contributed by atoms with E-state index in [1.54, 1.807) is 0 Å². The molecule has 0 aromatic rings. The van der Waals surface area contributed by atoms with E-state index in [1.165, 1.54) is 0 Å². The largest absolute Gasteiger partial charge is 0.341 e. The normalized spacial score (nSPS) is 17.7. The number of hydrogen-bond acceptors (Lipinski definition) is 3. The highest BCUT2D eigenvalue weighted by atomic mass is 16.2. The van der Waals surface area contributed by atoms with Gasteiger partial charge in [-0.15, -0.1) is 0 Å². The van der Waals surface area contributed by atoms with Crippen molar-refractivity contribution in [3.05, 3.63) is 0 Å². The van der Waals surface area contributed by atoms with E-state index in [1.807, 2.05) is 11.9 Å². The maximum atomic E-state index is 12.1. The van der Waals surface area contributed by atoms with Crippen LogP contribution in [0.15, 0.2) is 0 Å². The molecule has 1 amide bonds. The van der Waals surface area contributed by atoms with E-state index in [9.17, 15) is 9.59 Å². The first-order valence-electron chi connectivity index (χ1n) is 6.37. The van der Waals surface area contributed by atoms with E-state index in [0.29, 0.717) is 32.5 Å². The predicted molar refractivity (Wildman–Crippen MR) is 67.8 cm³/mol. The van der Waals surface area contributed by atoms with Crippen LogP contribution < -0.4 is 0 Å². The second-order valence-electron chi connectivity index (χ2n) is 5.44. The molecule has 1 heterocycles. The third-order valence-corrected chi connectivity index (χ3v) is 3.94. The summed E-state index contributed by atoms with van der Waals surface area (Å²) in [6, 6.07) is 0. The summed E-state index contributed by atoms with van der Waals surface area (Å²) in [4.78, 5) is 27.1. The lowest BCUT2D eigenvalue weighted by Crippen LogP contribution is -2.49. The van der Waals surface area contributed by atoms with E-state index in [0.717, 1.165) is 6.42 Å². The van der Waals surface area contributed by atoms with Crippen LogP contribution in [0.25, 0.3) is 0 Å². The molecule has 0 aliphatic carbocycles. The van der Waals surface area contributed by atoms with Gasteiger partial charge in [-0.3, -0.25) is 14.5 Å². The van der Waals surface area contributed by atoms with E-state index >= 15 is 0 Å². The van der Waals surface area contributed by atoms with Gasteiger partial charge in [-0.05, 0) is 27.3 Å². The Balaban J connectivity index is 2.46. The molecular formula is C13H24N2O2. The van der Waals surface area contributed by atoms with Gasteiger partial charge in [0.1, 0.15) is 5.78 Å². The standard InChI is InChI=1S/C13H24N2O2/c1-5-13(2,3)14(4)10-12(17)15-8-6-11(16)7-9-15/h5-10H2,1-4H3. The average Bonchev–Trinajstić information content (AvgIpc) is 2.29. The fourth-order valence-electron chi connectivity index (χ4n) is 1.79. The number of likely N-dealkylation sites (tertiary alicyclic amines) is 1. The van der Waals surface area contributed by atoms with Crippen LogP contribution in [0.2, 0.25) is 0 Å². The molecular weight excluding hydrogens is 216 g/mol. The molecule has 4 heteroatoms. The molecule has 1 aliphatic heterocycles. The summed E-state index contributed by atoms with van der Waals surface area (Å²) in [6.45, 7) is 8.03. The van der Waals surface area contributed by atoms with E-state index in [4.69, 9.17) is 0 Å². The number of likely N-dealkylation sites (N-methyl/N-ethyl adjacent to an activating group) is 1. The van der Waals surface area contributed by atoms with Gasteiger partial charge in [-0.25, -0.2) is 0 Å². The van der Waals surface area contributed by atoms with Gasteiger partial charge in [-0.1, -0.05) is 6.92 Å². The molecule has 1 saturated heterocycles. The molecule has 1 aliphatic rings. The minimum Gasteiger partial charge on any atom is -0.341 e. The van der Waals surface area contributed by atoms with Crippen molar-refractivity contribution in [2.75, 3.05) is 26.7 Å². The van der Waals surface area contributed by atoms with Crippen molar-refractivity contribution >= 4 is 11.7 Å². The molecule has 0 N–H and O–H groups in total. The molecule has 1 fully saturated rings. The molecule has 0 radical (unpaired) electrons. The van der Waals surface area contributed by atoms with Gasteiger partial charge >= 0.3 is 0 Å². The second-order valence-corrected chi connectivity index (χ2v) is 5.44. The lowest BCUT2D eigenvalue weighted by molar-refractivity contribution is -0.136. The minimum atomic E-state index is 0.0429. The highest BCUT2D eigenvalue weighted by Crippen LogP contribution is 2.16. The van der Waals surface area contributed by atoms with Crippen molar-refractivity contribution in [1.29, 1.82) is 0 Å². The predicted octanol–water partition coefficient (Wildman–Crippen LogP) is 1.30. The van der Waals surface area contributed by atoms with Gasteiger partial charge in [0.05, 0.1) is 6.54 Å². The van der Waals surface area contributed by atoms with Crippen molar-refractivity contribution < 1.29 is 9.59 Å². The number of amides is 1. The fourth-order valence-corrected chi connectivity index (χ4v) is 1.79. The molecule has 1 rings (SSSR count). The summed E-state index contributed by atoms with van der Waals surface area (Å²) in [6.07, 6.45) is 2.05. The molecule has 0 saturated carbocycles. The Morgan fingerprint density at radius 3 is 2.35 bits per heavy atom.